The minimum absolute atomic E-state index is 0.507. The van der Waals surface area contributed by atoms with E-state index < -0.39 is 0 Å². The van der Waals surface area contributed by atoms with E-state index in [2.05, 4.69) is 45.7 Å². The van der Waals surface area contributed by atoms with Crippen LogP contribution in [0.3, 0.4) is 0 Å². The summed E-state index contributed by atoms with van der Waals surface area (Å²) in [4.78, 5) is 0. The standard InChI is InChI=1S/C12H23N/c1-7-10(4)8-12(9(2)3)11(5)13-6/h7,11-13H,2,8H2,1,3-6H3. The van der Waals surface area contributed by atoms with E-state index in [1.165, 1.54) is 11.1 Å². The van der Waals surface area contributed by atoms with Gasteiger partial charge in [0.05, 0.1) is 0 Å². The summed E-state index contributed by atoms with van der Waals surface area (Å²) < 4.78 is 0. The lowest BCUT2D eigenvalue weighted by Gasteiger charge is -2.24. The quantitative estimate of drug-likeness (QED) is 0.642. The zero-order chi connectivity index (χ0) is 10.4. The van der Waals surface area contributed by atoms with Crippen LogP contribution in [0.5, 0.6) is 0 Å². The highest BCUT2D eigenvalue weighted by atomic mass is 14.9. The van der Waals surface area contributed by atoms with E-state index in [4.69, 9.17) is 0 Å². The number of rotatable bonds is 5. The molecule has 0 aliphatic rings. The van der Waals surface area contributed by atoms with Crippen molar-refractivity contribution in [2.75, 3.05) is 7.05 Å². The Balaban J connectivity index is 4.35. The van der Waals surface area contributed by atoms with Crippen LogP contribution < -0.4 is 5.32 Å². The van der Waals surface area contributed by atoms with E-state index >= 15 is 0 Å². The highest BCUT2D eigenvalue weighted by Gasteiger charge is 2.16. The van der Waals surface area contributed by atoms with E-state index in [1.807, 2.05) is 7.05 Å². The summed E-state index contributed by atoms with van der Waals surface area (Å²) >= 11 is 0. The minimum Gasteiger partial charge on any atom is -0.317 e. The Labute approximate surface area is 82.9 Å². The van der Waals surface area contributed by atoms with Gasteiger partial charge in [-0.1, -0.05) is 23.8 Å². The molecule has 0 fully saturated rings. The molecule has 1 heteroatoms. The van der Waals surface area contributed by atoms with Gasteiger partial charge in [-0.25, -0.2) is 0 Å². The Morgan fingerprint density at radius 2 is 2.00 bits per heavy atom. The van der Waals surface area contributed by atoms with E-state index in [0.29, 0.717) is 12.0 Å². The van der Waals surface area contributed by atoms with Gasteiger partial charge in [0, 0.05) is 6.04 Å². The molecule has 13 heavy (non-hydrogen) atoms. The first-order valence-electron chi connectivity index (χ1n) is 4.97. The monoisotopic (exact) mass is 181 g/mol. The van der Waals surface area contributed by atoms with Crippen LogP contribution >= 0.6 is 0 Å². The zero-order valence-corrected chi connectivity index (χ0v) is 9.65. The van der Waals surface area contributed by atoms with Crippen molar-refractivity contribution in [1.29, 1.82) is 0 Å². The second kappa shape index (κ2) is 5.98. The molecule has 0 amide bonds. The maximum absolute atomic E-state index is 4.04. The van der Waals surface area contributed by atoms with Crippen molar-refractivity contribution >= 4 is 0 Å². The first kappa shape index (κ1) is 12.4. The SMILES string of the molecule is C=C(C)C(CC(C)=CC)C(C)NC. The summed E-state index contributed by atoms with van der Waals surface area (Å²) in [5.74, 6) is 0.557. The van der Waals surface area contributed by atoms with Crippen LogP contribution in [0, 0.1) is 5.92 Å². The molecular formula is C12H23N. The van der Waals surface area contributed by atoms with Crippen LogP contribution in [-0.2, 0) is 0 Å². The largest absolute Gasteiger partial charge is 0.317 e. The molecule has 0 aliphatic carbocycles. The Morgan fingerprint density at radius 3 is 2.31 bits per heavy atom. The van der Waals surface area contributed by atoms with Gasteiger partial charge in [-0.2, -0.15) is 0 Å². The van der Waals surface area contributed by atoms with Crippen molar-refractivity contribution in [3.63, 3.8) is 0 Å². The third-order valence-corrected chi connectivity index (χ3v) is 2.73. The molecule has 76 valence electrons. The number of hydrogen-bond acceptors (Lipinski definition) is 1. The lowest BCUT2D eigenvalue weighted by atomic mass is 9.88. The molecule has 0 aromatic heterocycles. The predicted molar refractivity (Wildman–Crippen MR) is 60.9 cm³/mol. The molecule has 0 spiro atoms. The van der Waals surface area contributed by atoms with Crippen molar-refractivity contribution in [2.24, 2.45) is 5.92 Å². The lowest BCUT2D eigenvalue weighted by molar-refractivity contribution is 0.444. The molecule has 0 radical (unpaired) electrons. The Kier molecular flexibility index (Phi) is 5.72. The average molecular weight is 181 g/mol. The molecule has 0 saturated carbocycles. The van der Waals surface area contributed by atoms with E-state index in [0.717, 1.165) is 6.42 Å². The lowest BCUT2D eigenvalue weighted by Crippen LogP contribution is -2.31. The minimum atomic E-state index is 0.507. The molecular weight excluding hydrogens is 158 g/mol. The number of hydrogen-bond donors (Lipinski definition) is 1. The maximum atomic E-state index is 4.04. The molecule has 0 saturated heterocycles. The summed E-state index contributed by atoms with van der Waals surface area (Å²) in [5.41, 5.74) is 2.71. The molecule has 1 nitrogen and oxygen atoms in total. The van der Waals surface area contributed by atoms with Crippen molar-refractivity contribution < 1.29 is 0 Å². The smallest absolute Gasteiger partial charge is 0.0104 e. The number of nitrogens with one attached hydrogen (secondary N) is 1. The first-order chi connectivity index (χ1) is 6.02. The van der Waals surface area contributed by atoms with Crippen molar-refractivity contribution in [1.82, 2.24) is 5.32 Å². The summed E-state index contributed by atoms with van der Waals surface area (Å²) in [6.07, 6.45) is 3.30. The fourth-order valence-electron chi connectivity index (χ4n) is 1.44. The van der Waals surface area contributed by atoms with Gasteiger partial charge < -0.3 is 5.32 Å². The van der Waals surface area contributed by atoms with Gasteiger partial charge in [-0.05, 0) is 47.1 Å². The summed E-state index contributed by atoms with van der Waals surface area (Å²) in [6, 6.07) is 0.507. The predicted octanol–water partition coefficient (Wildman–Crippen LogP) is 3.14. The molecule has 2 atom stereocenters. The van der Waals surface area contributed by atoms with Crippen LogP contribution in [-0.4, -0.2) is 13.1 Å². The fraction of sp³-hybridized carbons (Fsp3) is 0.667. The van der Waals surface area contributed by atoms with Crippen molar-refractivity contribution in [3.05, 3.63) is 23.8 Å². The second-order valence-electron chi connectivity index (χ2n) is 3.87. The van der Waals surface area contributed by atoms with Crippen LogP contribution in [0.2, 0.25) is 0 Å². The molecule has 2 unspecified atom stereocenters. The van der Waals surface area contributed by atoms with Crippen molar-refractivity contribution in [3.8, 4) is 0 Å². The van der Waals surface area contributed by atoms with Crippen molar-refractivity contribution in [2.45, 2.75) is 40.2 Å². The highest BCUT2D eigenvalue weighted by molar-refractivity contribution is 5.08. The average Bonchev–Trinajstić information content (AvgIpc) is 2.11. The van der Waals surface area contributed by atoms with E-state index in [9.17, 15) is 0 Å². The maximum Gasteiger partial charge on any atom is 0.0104 e. The molecule has 0 aromatic rings. The van der Waals surface area contributed by atoms with Crippen LogP contribution in [0.15, 0.2) is 23.8 Å². The van der Waals surface area contributed by atoms with Crippen LogP contribution in [0.1, 0.15) is 34.1 Å². The van der Waals surface area contributed by atoms with Gasteiger partial charge in [0.1, 0.15) is 0 Å². The Morgan fingerprint density at radius 1 is 1.46 bits per heavy atom. The zero-order valence-electron chi connectivity index (χ0n) is 9.65. The van der Waals surface area contributed by atoms with Gasteiger partial charge in [0.2, 0.25) is 0 Å². The van der Waals surface area contributed by atoms with E-state index in [-0.39, 0.29) is 0 Å². The fourth-order valence-corrected chi connectivity index (χ4v) is 1.44. The molecule has 0 heterocycles. The normalized spacial score (nSPS) is 16.8. The topological polar surface area (TPSA) is 12.0 Å². The van der Waals surface area contributed by atoms with Gasteiger partial charge >= 0.3 is 0 Å². The Bertz CT molecular complexity index is 191. The Hall–Kier alpha value is -0.560. The summed E-state index contributed by atoms with van der Waals surface area (Å²) in [5, 5.41) is 3.29. The molecule has 0 bridgehead atoms. The van der Waals surface area contributed by atoms with Gasteiger partial charge in [-0.15, -0.1) is 0 Å². The number of allylic oxidation sites excluding steroid dienone is 2. The van der Waals surface area contributed by atoms with Crippen LogP contribution in [0.25, 0.3) is 0 Å². The van der Waals surface area contributed by atoms with Gasteiger partial charge in [0.25, 0.3) is 0 Å². The molecule has 0 aliphatic heterocycles. The van der Waals surface area contributed by atoms with Crippen LogP contribution in [0.4, 0.5) is 0 Å². The molecule has 0 aromatic carbocycles. The third kappa shape index (κ3) is 4.28. The van der Waals surface area contributed by atoms with Gasteiger partial charge in [0.15, 0.2) is 0 Å². The highest BCUT2D eigenvalue weighted by Crippen LogP contribution is 2.21. The van der Waals surface area contributed by atoms with Gasteiger partial charge in [-0.3, -0.25) is 0 Å². The first-order valence-corrected chi connectivity index (χ1v) is 4.97. The second-order valence-corrected chi connectivity index (χ2v) is 3.87. The third-order valence-electron chi connectivity index (χ3n) is 2.73. The molecule has 0 rings (SSSR count). The van der Waals surface area contributed by atoms with E-state index in [1.54, 1.807) is 0 Å². The molecule has 1 N–H and O–H groups in total. The summed E-state index contributed by atoms with van der Waals surface area (Å²) in [7, 11) is 2.01. The summed E-state index contributed by atoms with van der Waals surface area (Å²) in [6.45, 7) is 12.6.